The van der Waals surface area contributed by atoms with Crippen LogP contribution in [0.1, 0.15) is 0 Å². The Labute approximate surface area is 432 Å². The molecule has 76 heavy (non-hydrogen) atoms. The standard InChI is InChI=1S/C72H36N4/c1-3-13-37(14-4-1)57-55-35-39(71-73-29-11-30-74-71)33-53-41-17-7-9-19-43(41)65(63(53)55)69-51-27-23-47-46-22-26-50-62-52(28-24-48(60(46)62)45-21-25-49(67(57)69)61(51)59(45)47)70-66-44-20-10-8-18-42(44)54-34-40(72-75-31-12-32-76-72)36-56(64(54)66)58(68(50)70)38-15-5-2-6-16-38/h1-36H. The van der Waals surface area contributed by atoms with E-state index in [4.69, 9.17) is 19.9 Å². The van der Waals surface area contributed by atoms with Gasteiger partial charge in [0.2, 0.25) is 0 Å². The van der Waals surface area contributed by atoms with Gasteiger partial charge in [-0.3, -0.25) is 0 Å². The van der Waals surface area contributed by atoms with Crippen molar-refractivity contribution < 1.29 is 0 Å². The minimum atomic E-state index is 0.731. The molecule has 19 rings (SSSR count). The van der Waals surface area contributed by atoms with Gasteiger partial charge in [0.05, 0.1) is 0 Å². The molecule has 0 aliphatic carbocycles. The van der Waals surface area contributed by atoms with Gasteiger partial charge in [-0.05, 0) is 209 Å². The minimum Gasteiger partial charge on any atom is -0.237 e. The van der Waals surface area contributed by atoms with Crippen LogP contribution in [-0.4, -0.2) is 19.9 Å². The van der Waals surface area contributed by atoms with Crippen molar-refractivity contribution in [1.29, 1.82) is 0 Å². The van der Waals surface area contributed by atoms with E-state index in [2.05, 4.69) is 182 Å². The summed E-state index contributed by atoms with van der Waals surface area (Å²) in [4.78, 5) is 19.2. The molecule has 0 amide bonds. The molecule has 19 aromatic rings. The third-order valence-electron chi connectivity index (χ3n) is 17.5. The van der Waals surface area contributed by atoms with Gasteiger partial charge in [0.1, 0.15) is 0 Å². The van der Waals surface area contributed by atoms with Gasteiger partial charge < -0.3 is 0 Å². The van der Waals surface area contributed by atoms with Crippen LogP contribution in [-0.2, 0) is 0 Å². The van der Waals surface area contributed by atoms with E-state index in [-0.39, 0.29) is 0 Å². The predicted octanol–water partition coefficient (Wildman–Crippen LogP) is 19.3. The fourth-order valence-electron chi connectivity index (χ4n) is 14.8. The van der Waals surface area contributed by atoms with Crippen LogP contribution in [0.5, 0.6) is 0 Å². The molecule has 4 nitrogen and oxygen atoms in total. The summed E-state index contributed by atoms with van der Waals surface area (Å²) in [5.41, 5.74) is 6.96. The van der Waals surface area contributed by atoms with Gasteiger partial charge in [-0.2, -0.15) is 0 Å². The van der Waals surface area contributed by atoms with Crippen molar-refractivity contribution in [1.82, 2.24) is 19.9 Å². The second-order valence-corrected chi connectivity index (χ2v) is 21.0. The first-order valence-electron chi connectivity index (χ1n) is 26.2. The largest absolute Gasteiger partial charge is 0.237 e. The lowest BCUT2D eigenvalue weighted by Gasteiger charge is -2.15. The molecule has 0 radical (unpaired) electrons. The second-order valence-electron chi connectivity index (χ2n) is 21.0. The van der Waals surface area contributed by atoms with Crippen LogP contribution in [0.3, 0.4) is 0 Å². The Morgan fingerprint density at radius 1 is 0.171 bits per heavy atom. The molecule has 0 aliphatic heterocycles. The van der Waals surface area contributed by atoms with Crippen molar-refractivity contribution in [3.05, 3.63) is 219 Å². The first-order chi connectivity index (χ1) is 37.8. The van der Waals surface area contributed by atoms with Gasteiger partial charge in [0, 0.05) is 35.9 Å². The molecule has 0 bridgehead atoms. The van der Waals surface area contributed by atoms with Crippen molar-refractivity contribution in [3.8, 4) is 45.0 Å². The number of benzene rings is 13. The summed E-state index contributed by atoms with van der Waals surface area (Å²) in [6, 6.07) is 72.8. The van der Waals surface area contributed by atoms with Crippen LogP contribution < -0.4 is 0 Å². The maximum absolute atomic E-state index is 4.79. The number of hydrogen-bond acceptors (Lipinski definition) is 4. The van der Waals surface area contributed by atoms with E-state index in [9.17, 15) is 0 Å². The molecule has 0 spiro atoms. The number of fused-ring (bicyclic) bond motifs is 16. The molecule has 4 heteroatoms. The number of rotatable bonds is 4. The molecule has 0 fully saturated rings. The summed E-state index contributed by atoms with van der Waals surface area (Å²) in [7, 11) is 0. The highest BCUT2D eigenvalue weighted by Gasteiger charge is 2.30. The highest BCUT2D eigenvalue weighted by atomic mass is 14.9. The van der Waals surface area contributed by atoms with E-state index in [0.717, 1.165) is 22.8 Å². The minimum absolute atomic E-state index is 0.731. The topological polar surface area (TPSA) is 51.6 Å². The second kappa shape index (κ2) is 13.9. The summed E-state index contributed by atoms with van der Waals surface area (Å²) in [6.07, 6.45) is 7.38. The van der Waals surface area contributed by atoms with Gasteiger partial charge in [-0.1, -0.05) is 158 Å². The maximum atomic E-state index is 4.79. The number of aromatic nitrogens is 4. The highest BCUT2D eigenvalue weighted by Crippen LogP contribution is 2.59. The summed E-state index contributed by atoms with van der Waals surface area (Å²) in [6.45, 7) is 0. The van der Waals surface area contributed by atoms with Crippen LogP contribution in [0, 0.1) is 0 Å². The van der Waals surface area contributed by atoms with E-state index in [1.807, 2.05) is 36.9 Å². The molecular formula is C72H36N4. The number of nitrogens with zero attached hydrogens (tertiary/aromatic N) is 4. The Balaban J connectivity index is 0.992. The SMILES string of the molecule is c1ccc(-c2c3cc(-c4ncccn4)cc4c5ccccc5c(c34)c3c4ccc5c6ccc7c8c(-c9ccccc9)c9cc(-c%10ncccn%10)cc%10c%11ccccc%11c(c9%10)c8c8ccc(c9ccc(c23)c4c95)c6c78)cc1. The third kappa shape index (κ3) is 4.69. The fourth-order valence-corrected chi connectivity index (χ4v) is 14.8. The summed E-state index contributed by atoms with van der Waals surface area (Å²) < 4.78 is 0. The molecular weight excluding hydrogens is 921 g/mol. The van der Waals surface area contributed by atoms with Gasteiger partial charge in [0.25, 0.3) is 0 Å². The van der Waals surface area contributed by atoms with Gasteiger partial charge in [-0.15, -0.1) is 0 Å². The molecule has 0 atom stereocenters. The van der Waals surface area contributed by atoms with Crippen molar-refractivity contribution in [2.24, 2.45) is 0 Å². The summed E-state index contributed by atoms with van der Waals surface area (Å²) in [5, 5.41) is 36.2. The average Bonchev–Trinajstić information content (AvgIpc) is 4.38. The fraction of sp³-hybridized carbons (Fsp3) is 0. The smallest absolute Gasteiger partial charge is 0.159 e. The van der Waals surface area contributed by atoms with Crippen LogP contribution >= 0.6 is 0 Å². The van der Waals surface area contributed by atoms with Gasteiger partial charge >= 0.3 is 0 Å². The molecule has 17 aromatic carbocycles. The Bertz CT molecular complexity index is 5290. The van der Waals surface area contributed by atoms with Crippen molar-refractivity contribution in [3.63, 3.8) is 0 Å². The predicted molar refractivity (Wildman–Crippen MR) is 320 cm³/mol. The molecule has 2 aromatic heterocycles. The van der Waals surface area contributed by atoms with Gasteiger partial charge in [-0.25, -0.2) is 19.9 Å². The normalized spacial score (nSPS) is 12.7. The van der Waals surface area contributed by atoms with Gasteiger partial charge in [0.15, 0.2) is 11.6 Å². The summed E-state index contributed by atoms with van der Waals surface area (Å²) in [5.74, 6) is 1.46. The van der Waals surface area contributed by atoms with Crippen LogP contribution in [0.4, 0.5) is 0 Å². The molecule has 344 valence electrons. The first kappa shape index (κ1) is 39.4. The Morgan fingerprint density at radius 2 is 0.447 bits per heavy atom. The van der Waals surface area contributed by atoms with E-state index in [0.29, 0.717) is 0 Å². The van der Waals surface area contributed by atoms with Crippen molar-refractivity contribution in [2.75, 3.05) is 0 Å². The van der Waals surface area contributed by atoms with E-state index >= 15 is 0 Å². The van der Waals surface area contributed by atoms with Crippen molar-refractivity contribution in [2.45, 2.75) is 0 Å². The lowest BCUT2D eigenvalue weighted by molar-refractivity contribution is 1.18. The average molecular weight is 957 g/mol. The molecule has 0 aliphatic rings. The van der Waals surface area contributed by atoms with Crippen LogP contribution in [0.25, 0.3) is 196 Å². The lowest BCUT2D eigenvalue weighted by atomic mass is 9.87. The Hall–Kier alpha value is -10.2. The summed E-state index contributed by atoms with van der Waals surface area (Å²) >= 11 is 0. The lowest BCUT2D eigenvalue weighted by Crippen LogP contribution is -1.90. The zero-order valence-electron chi connectivity index (χ0n) is 40.6. The van der Waals surface area contributed by atoms with Crippen LogP contribution in [0.2, 0.25) is 0 Å². The monoisotopic (exact) mass is 956 g/mol. The molecule has 0 N–H and O–H groups in total. The zero-order chi connectivity index (χ0) is 49.1. The molecule has 2 heterocycles. The Morgan fingerprint density at radius 3 is 0.842 bits per heavy atom. The highest BCUT2D eigenvalue weighted by molar-refractivity contribution is 6.54. The maximum Gasteiger partial charge on any atom is 0.159 e. The molecule has 0 saturated heterocycles. The molecule has 0 unspecified atom stereocenters. The van der Waals surface area contributed by atoms with E-state index < -0.39 is 0 Å². The van der Waals surface area contributed by atoms with E-state index in [1.54, 1.807) is 0 Å². The van der Waals surface area contributed by atoms with Crippen molar-refractivity contribution >= 4 is 151 Å². The van der Waals surface area contributed by atoms with Crippen LogP contribution in [0.15, 0.2) is 219 Å². The van der Waals surface area contributed by atoms with E-state index in [1.165, 1.54) is 173 Å². The third-order valence-corrected chi connectivity index (χ3v) is 17.5. The zero-order valence-corrected chi connectivity index (χ0v) is 40.6. The Kier molecular flexibility index (Phi) is 7.21. The quantitative estimate of drug-likeness (QED) is 0.130. The molecule has 0 saturated carbocycles. The number of hydrogen-bond donors (Lipinski definition) is 0. The first-order valence-corrected chi connectivity index (χ1v) is 26.2.